The summed E-state index contributed by atoms with van der Waals surface area (Å²) in [6.45, 7) is 0. The van der Waals surface area contributed by atoms with Gasteiger partial charge in [-0.25, -0.2) is 0 Å². The number of carbonyl (C=O) groups excluding carboxylic acids is 1. The van der Waals surface area contributed by atoms with E-state index in [1.165, 1.54) is 33.9 Å². The van der Waals surface area contributed by atoms with Gasteiger partial charge < -0.3 is 5.32 Å². The average molecular weight is 374 g/mol. The molecule has 1 amide bonds. The molecule has 1 atom stereocenters. The van der Waals surface area contributed by atoms with E-state index in [0.717, 1.165) is 12.1 Å². The fraction of sp³-hybridized carbons (Fsp3) is 0.316. The highest BCUT2D eigenvalue weighted by Gasteiger charge is 2.28. The third kappa shape index (κ3) is 3.63. The first-order valence-corrected chi connectivity index (χ1v) is 11.2. The van der Waals surface area contributed by atoms with Crippen molar-refractivity contribution in [2.75, 3.05) is 16.8 Å². The molecule has 1 unspecified atom stereocenters. The summed E-state index contributed by atoms with van der Waals surface area (Å²) in [5.74, 6) is 2.56. The quantitative estimate of drug-likeness (QED) is 0.799. The number of hydrogen-bond donors (Lipinski definition) is 1. The van der Waals surface area contributed by atoms with Gasteiger partial charge in [0.1, 0.15) is 0 Å². The maximum Gasteiger partial charge on any atom is 0.238 e. The first-order valence-electron chi connectivity index (χ1n) is 8.18. The standard InChI is InChI=1S/C19H19NOS3/c21-18(17-12-13-5-1-2-8-16(13)24-17)20-15-7-3-6-14(11-15)19-22-9-4-10-23-19/h1-3,5-8,11,17,19H,4,9-10,12H2,(H,20,21). The SMILES string of the molecule is O=C(Nc1cccc(C2SCCCS2)c1)C1Cc2ccccc2S1. The number of hydrogen-bond acceptors (Lipinski definition) is 4. The number of thioether (sulfide) groups is 3. The van der Waals surface area contributed by atoms with Gasteiger partial charge in [-0.3, -0.25) is 4.79 Å². The fourth-order valence-electron chi connectivity index (χ4n) is 2.99. The number of carbonyl (C=O) groups is 1. The zero-order chi connectivity index (χ0) is 16.4. The van der Waals surface area contributed by atoms with Gasteiger partial charge in [0, 0.05) is 10.6 Å². The van der Waals surface area contributed by atoms with Crippen molar-refractivity contribution in [3.63, 3.8) is 0 Å². The summed E-state index contributed by atoms with van der Waals surface area (Å²) < 4.78 is 0.501. The molecule has 1 N–H and O–H groups in total. The predicted molar refractivity (Wildman–Crippen MR) is 107 cm³/mol. The largest absolute Gasteiger partial charge is 0.325 e. The molecular formula is C19H19NOS3. The molecule has 0 saturated carbocycles. The average Bonchev–Trinajstić information content (AvgIpc) is 3.07. The van der Waals surface area contributed by atoms with Gasteiger partial charge in [-0.05, 0) is 53.7 Å². The first kappa shape index (κ1) is 16.4. The molecule has 0 aliphatic carbocycles. The van der Waals surface area contributed by atoms with E-state index < -0.39 is 0 Å². The Morgan fingerprint density at radius 1 is 1.04 bits per heavy atom. The van der Waals surface area contributed by atoms with Gasteiger partial charge >= 0.3 is 0 Å². The molecule has 2 aromatic carbocycles. The third-order valence-electron chi connectivity index (χ3n) is 4.19. The molecule has 4 rings (SSSR count). The van der Waals surface area contributed by atoms with Crippen LogP contribution in [0, 0.1) is 0 Å². The van der Waals surface area contributed by atoms with Crippen molar-refractivity contribution in [3.8, 4) is 0 Å². The Bertz CT molecular complexity index is 718. The molecule has 2 aliphatic heterocycles. The lowest BCUT2D eigenvalue weighted by Crippen LogP contribution is -2.24. The van der Waals surface area contributed by atoms with E-state index in [1.807, 2.05) is 41.7 Å². The van der Waals surface area contributed by atoms with Crippen molar-refractivity contribution in [2.45, 2.75) is 27.6 Å². The van der Waals surface area contributed by atoms with Gasteiger partial charge in [0.05, 0.1) is 9.83 Å². The minimum atomic E-state index is -0.0236. The fourth-order valence-corrected chi connectivity index (χ4v) is 7.06. The monoisotopic (exact) mass is 373 g/mol. The van der Waals surface area contributed by atoms with Crippen molar-refractivity contribution in [1.29, 1.82) is 0 Å². The van der Waals surface area contributed by atoms with Gasteiger partial charge in [0.25, 0.3) is 0 Å². The van der Waals surface area contributed by atoms with E-state index in [9.17, 15) is 4.79 Å². The molecule has 124 valence electrons. The molecule has 2 nitrogen and oxygen atoms in total. The Kier molecular flexibility index (Phi) is 5.11. The molecule has 24 heavy (non-hydrogen) atoms. The zero-order valence-corrected chi connectivity index (χ0v) is 15.7. The summed E-state index contributed by atoms with van der Waals surface area (Å²) >= 11 is 5.69. The Balaban J connectivity index is 1.43. The van der Waals surface area contributed by atoms with Crippen LogP contribution in [0.5, 0.6) is 0 Å². The first-order chi connectivity index (χ1) is 11.8. The Hall–Kier alpha value is -1.04. The minimum Gasteiger partial charge on any atom is -0.325 e. The normalized spacial score (nSPS) is 20.6. The highest BCUT2D eigenvalue weighted by Crippen LogP contribution is 2.44. The molecule has 1 saturated heterocycles. The number of nitrogens with one attached hydrogen (secondary N) is 1. The summed E-state index contributed by atoms with van der Waals surface area (Å²) in [5, 5.41) is 3.10. The Morgan fingerprint density at radius 2 is 1.88 bits per heavy atom. The van der Waals surface area contributed by atoms with Crippen LogP contribution in [0.2, 0.25) is 0 Å². The topological polar surface area (TPSA) is 29.1 Å². The van der Waals surface area contributed by atoms with Crippen molar-refractivity contribution in [2.24, 2.45) is 0 Å². The lowest BCUT2D eigenvalue weighted by atomic mass is 10.1. The summed E-state index contributed by atoms with van der Waals surface area (Å²) in [6, 6.07) is 16.7. The molecule has 2 aromatic rings. The number of amides is 1. The zero-order valence-electron chi connectivity index (χ0n) is 13.2. The van der Waals surface area contributed by atoms with Crippen LogP contribution in [-0.4, -0.2) is 22.7 Å². The number of anilines is 1. The number of benzene rings is 2. The van der Waals surface area contributed by atoms with Crippen LogP contribution in [0.15, 0.2) is 53.4 Å². The maximum absolute atomic E-state index is 12.6. The molecule has 0 spiro atoms. The van der Waals surface area contributed by atoms with E-state index in [4.69, 9.17) is 0 Å². The molecule has 2 heterocycles. The van der Waals surface area contributed by atoms with Gasteiger partial charge in [-0.2, -0.15) is 0 Å². The van der Waals surface area contributed by atoms with Crippen LogP contribution in [0.4, 0.5) is 5.69 Å². The Morgan fingerprint density at radius 3 is 2.71 bits per heavy atom. The maximum atomic E-state index is 12.6. The molecule has 0 aromatic heterocycles. The van der Waals surface area contributed by atoms with E-state index in [0.29, 0.717) is 4.58 Å². The van der Waals surface area contributed by atoms with Crippen LogP contribution >= 0.6 is 35.3 Å². The van der Waals surface area contributed by atoms with Crippen LogP contribution in [0.3, 0.4) is 0 Å². The highest BCUT2D eigenvalue weighted by molar-refractivity contribution is 8.16. The van der Waals surface area contributed by atoms with E-state index >= 15 is 0 Å². The summed E-state index contributed by atoms with van der Waals surface area (Å²) in [5.41, 5.74) is 3.51. The highest BCUT2D eigenvalue weighted by atomic mass is 32.2. The summed E-state index contributed by atoms with van der Waals surface area (Å²) in [7, 11) is 0. The van der Waals surface area contributed by atoms with Gasteiger partial charge in [-0.15, -0.1) is 35.3 Å². The van der Waals surface area contributed by atoms with Gasteiger partial charge in [0.2, 0.25) is 5.91 Å². The van der Waals surface area contributed by atoms with Crippen molar-refractivity contribution in [1.82, 2.24) is 0 Å². The van der Waals surface area contributed by atoms with E-state index in [-0.39, 0.29) is 11.2 Å². The minimum absolute atomic E-state index is 0.0236. The van der Waals surface area contributed by atoms with Gasteiger partial charge in [0.15, 0.2) is 0 Å². The van der Waals surface area contributed by atoms with Crippen molar-refractivity contribution in [3.05, 3.63) is 59.7 Å². The number of fused-ring (bicyclic) bond motifs is 1. The molecule has 1 fully saturated rings. The van der Waals surface area contributed by atoms with E-state index in [1.54, 1.807) is 11.8 Å². The van der Waals surface area contributed by atoms with Crippen LogP contribution in [0.1, 0.15) is 22.1 Å². The van der Waals surface area contributed by atoms with E-state index in [2.05, 4.69) is 35.6 Å². The summed E-state index contributed by atoms with van der Waals surface area (Å²) in [6.07, 6.45) is 2.11. The molecule has 0 bridgehead atoms. The molecule has 2 aliphatic rings. The van der Waals surface area contributed by atoms with Crippen LogP contribution in [0.25, 0.3) is 0 Å². The second-order valence-corrected chi connectivity index (χ2v) is 9.93. The van der Waals surface area contributed by atoms with Crippen LogP contribution < -0.4 is 5.32 Å². The Labute approximate surface area is 155 Å². The smallest absolute Gasteiger partial charge is 0.238 e. The summed E-state index contributed by atoms with van der Waals surface area (Å²) in [4.78, 5) is 13.9. The molecule has 0 radical (unpaired) electrons. The molecular weight excluding hydrogens is 354 g/mol. The van der Waals surface area contributed by atoms with Crippen molar-refractivity contribution >= 4 is 46.9 Å². The van der Waals surface area contributed by atoms with Crippen LogP contribution in [-0.2, 0) is 11.2 Å². The third-order valence-corrected chi connectivity index (χ3v) is 8.53. The van der Waals surface area contributed by atoms with Gasteiger partial charge in [-0.1, -0.05) is 30.3 Å². The molecule has 5 heteroatoms. The second-order valence-electron chi connectivity index (χ2n) is 5.96. The predicted octanol–water partition coefficient (Wildman–Crippen LogP) is 5.21. The second kappa shape index (κ2) is 7.46. The number of rotatable bonds is 3. The van der Waals surface area contributed by atoms with Crippen molar-refractivity contribution < 1.29 is 4.79 Å². The lowest BCUT2D eigenvalue weighted by Gasteiger charge is -2.21. The lowest BCUT2D eigenvalue weighted by molar-refractivity contribution is -0.115.